The van der Waals surface area contributed by atoms with Gasteiger partial charge < -0.3 is 10.6 Å². The van der Waals surface area contributed by atoms with Crippen LogP contribution >= 0.6 is 11.3 Å². The molecule has 1 aliphatic rings. The van der Waals surface area contributed by atoms with Gasteiger partial charge >= 0.3 is 6.03 Å². The highest BCUT2D eigenvalue weighted by Gasteiger charge is 2.24. The third-order valence-corrected chi connectivity index (χ3v) is 4.98. The van der Waals surface area contributed by atoms with Crippen LogP contribution in [0.15, 0.2) is 41.1 Å². The Labute approximate surface area is 141 Å². The topological polar surface area (TPSA) is 44.4 Å². The fraction of sp³-hybridized carbons (Fsp3) is 0.389. The van der Waals surface area contributed by atoms with Crippen molar-refractivity contribution in [2.45, 2.75) is 25.8 Å². The van der Waals surface area contributed by atoms with Crippen molar-refractivity contribution in [3.8, 4) is 0 Å². The van der Waals surface area contributed by atoms with Crippen LogP contribution in [0.25, 0.3) is 0 Å². The standard InChI is InChI=1S/C18H23N3OS/c1-14-4-6-16(7-5-14)20-18(22)19-12-17(15-8-11-23-13-15)21-9-2-3-10-21/h4-8,11,13,17H,2-3,9-10,12H2,1H3,(H2,19,20,22). The summed E-state index contributed by atoms with van der Waals surface area (Å²) in [5, 5.41) is 10.2. The van der Waals surface area contributed by atoms with Crippen molar-refractivity contribution < 1.29 is 4.79 Å². The molecule has 0 bridgehead atoms. The highest BCUT2D eigenvalue weighted by molar-refractivity contribution is 7.07. The minimum atomic E-state index is -0.145. The summed E-state index contributed by atoms with van der Waals surface area (Å²) >= 11 is 1.71. The molecule has 0 spiro atoms. The molecule has 0 radical (unpaired) electrons. The number of aryl methyl sites for hydroxylation is 1. The van der Waals surface area contributed by atoms with Gasteiger partial charge in [0, 0.05) is 12.2 Å². The van der Waals surface area contributed by atoms with Gasteiger partial charge in [-0.1, -0.05) is 17.7 Å². The number of rotatable bonds is 5. The molecule has 23 heavy (non-hydrogen) atoms. The zero-order valence-electron chi connectivity index (χ0n) is 13.4. The number of amides is 2. The molecule has 1 saturated heterocycles. The van der Waals surface area contributed by atoms with Crippen molar-refractivity contribution in [3.05, 3.63) is 52.2 Å². The number of urea groups is 1. The lowest BCUT2D eigenvalue weighted by atomic mass is 10.1. The number of hydrogen-bond acceptors (Lipinski definition) is 3. The van der Waals surface area contributed by atoms with E-state index in [4.69, 9.17) is 0 Å². The summed E-state index contributed by atoms with van der Waals surface area (Å²) in [5.41, 5.74) is 3.30. The molecule has 1 atom stereocenters. The van der Waals surface area contributed by atoms with E-state index in [2.05, 4.69) is 32.4 Å². The molecule has 122 valence electrons. The van der Waals surface area contributed by atoms with Crippen LogP contribution in [-0.2, 0) is 0 Å². The van der Waals surface area contributed by atoms with E-state index in [-0.39, 0.29) is 12.1 Å². The van der Waals surface area contributed by atoms with Crippen molar-refractivity contribution in [1.29, 1.82) is 0 Å². The fourth-order valence-corrected chi connectivity index (χ4v) is 3.68. The Hall–Kier alpha value is -1.85. The second-order valence-electron chi connectivity index (χ2n) is 6.02. The lowest BCUT2D eigenvalue weighted by molar-refractivity contribution is 0.228. The van der Waals surface area contributed by atoms with Gasteiger partial charge in [0.2, 0.25) is 0 Å². The maximum absolute atomic E-state index is 12.1. The Morgan fingerprint density at radius 2 is 1.96 bits per heavy atom. The van der Waals surface area contributed by atoms with Gasteiger partial charge in [-0.25, -0.2) is 4.79 Å². The highest BCUT2D eigenvalue weighted by Crippen LogP contribution is 2.26. The third kappa shape index (κ3) is 4.33. The second kappa shape index (κ2) is 7.62. The second-order valence-corrected chi connectivity index (χ2v) is 6.80. The number of nitrogens with one attached hydrogen (secondary N) is 2. The lowest BCUT2D eigenvalue weighted by Gasteiger charge is -2.27. The van der Waals surface area contributed by atoms with Crippen molar-refractivity contribution in [2.75, 3.05) is 25.0 Å². The molecule has 1 fully saturated rings. The lowest BCUT2D eigenvalue weighted by Crippen LogP contribution is -2.38. The number of hydrogen-bond donors (Lipinski definition) is 2. The maximum atomic E-state index is 12.1. The van der Waals surface area contributed by atoms with Crippen LogP contribution in [0.4, 0.5) is 10.5 Å². The Morgan fingerprint density at radius 3 is 2.61 bits per heavy atom. The summed E-state index contributed by atoms with van der Waals surface area (Å²) in [6.07, 6.45) is 2.49. The quantitative estimate of drug-likeness (QED) is 0.870. The summed E-state index contributed by atoms with van der Waals surface area (Å²) in [6.45, 7) is 4.89. The van der Waals surface area contributed by atoms with Gasteiger partial charge in [-0.2, -0.15) is 11.3 Å². The largest absolute Gasteiger partial charge is 0.336 e. The zero-order chi connectivity index (χ0) is 16.1. The number of nitrogens with zero attached hydrogens (tertiary/aromatic N) is 1. The Balaban J connectivity index is 1.57. The zero-order valence-corrected chi connectivity index (χ0v) is 14.2. The average molecular weight is 329 g/mol. The van der Waals surface area contributed by atoms with Crippen molar-refractivity contribution in [2.24, 2.45) is 0 Å². The smallest absolute Gasteiger partial charge is 0.319 e. The molecule has 2 heterocycles. The van der Waals surface area contributed by atoms with Crippen LogP contribution in [0.5, 0.6) is 0 Å². The summed E-state index contributed by atoms with van der Waals surface area (Å²) in [6, 6.07) is 10.1. The summed E-state index contributed by atoms with van der Waals surface area (Å²) in [4.78, 5) is 14.6. The van der Waals surface area contributed by atoms with Gasteiger partial charge in [0.25, 0.3) is 0 Å². The van der Waals surface area contributed by atoms with Crippen molar-refractivity contribution in [1.82, 2.24) is 10.2 Å². The number of carbonyl (C=O) groups is 1. The minimum Gasteiger partial charge on any atom is -0.336 e. The predicted octanol–water partition coefficient (Wildman–Crippen LogP) is 4.02. The number of thiophene rings is 1. The predicted molar refractivity (Wildman–Crippen MR) is 96.1 cm³/mol. The molecule has 1 aliphatic heterocycles. The first kappa shape index (κ1) is 16.0. The Morgan fingerprint density at radius 1 is 1.22 bits per heavy atom. The molecular formula is C18H23N3OS. The Bertz CT molecular complexity index is 618. The van der Waals surface area contributed by atoms with Gasteiger partial charge in [0.1, 0.15) is 0 Å². The molecule has 4 nitrogen and oxygen atoms in total. The average Bonchev–Trinajstić information content (AvgIpc) is 3.24. The van der Waals surface area contributed by atoms with Gasteiger partial charge in [-0.05, 0) is 67.4 Å². The molecule has 2 amide bonds. The van der Waals surface area contributed by atoms with E-state index in [0.29, 0.717) is 6.54 Å². The summed E-state index contributed by atoms with van der Waals surface area (Å²) in [7, 11) is 0. The van der Waals surface area contributed by atoms with E-state index in [1.165, 1.54) is 24.0 Å². The van der Waals surface area contributed by atoms with Crippen LogP contribution < -0.4 is 10.6 Å². The number of benzene rings is 1. The molecular weight excluding hydrogens is 306 g/mol. The Kier molecular flexibility index (Phi) is 5.31. The molecule has 1 aromatic carbocycles. The third-order valence-electron chi connectivity index (χ3n) is 4.27. The molecule has 1 unspecified atom stereocenters. The highest BCUT2D eigenvalue weighted by atomic mass is 32.1. The maximum Gasteiger partial charge on any atom is 0.319 e. The fourth-order valence-electron chi connectivity index (χ4n) is 2.98. The van der Waals surface area contributed by atoms with E-state index < -0.39 is 0 Å². The van der Waals surface area contributed by atoms with E-state index in [0.717, 1.165) is 18.8 Å². The molecule has 5 heteroatoms. The first-order valence-electron chi connectivity index (χ1n) is 8.10. The van der Waals surface area contributed by atoms with E-state index in [9.17, 15) is 4.79 Å². The number of anilines is 1. The number of likely N-dealkylation sites (tertiary alicyclic amines) is 1. The summed E-state index contributed by atoms with van der Waals surface area (Å²) < 4.78 is 0. The van der Waals surface area contributed by atoms with E-state index in [1.54, 1.807) is 11.3 Å². The van der Waals surface area contributed by atoms with Crippen molar-refractivity contribution in [3.63, 3.8) is 0 Å². The summed E-state index contributed by atoms with van der Waals surface area (Å²) in [5.74, 6) is 0. The molecule has 1 aromatic heterocycles. The van der Waals surface area contributed by atoms with Gasteiger partial charge in [0.05, 0.1) is 6.04 Å². The van der Waals surface area contributed by atoms with Crippen LogP contribution in [0.1, 0.15) is 30.0 Å². The monoisotopic (exact) mass is 329 g/mol. The van der Waals surface area contributed by atoms with Crippen LogP contribution in [0, 0.1) is 6.92 Å². The van der Waals surface area contributed by atoms with Gasteiger partial charge in [-0.15, -0.1) is 0 Å². The minimum absolute atomic E-state index is 0.145. The van der Waals surface area contributed by atoms with E-state index in [1.807, 2.05) is 31.2 Å². The first-order valence-corrected chi connectivity index (χ1v) is 9.04. The van der Waals surface area contributed by atoms with Gasteiger partial charge in [0.15, 0.2) is 0 Å². The SMILES string of the molecule is Cc1ccc(NC(=O)NCC(c2ccsc2)N2CCCC2)cc1. The molecule has 2 N–H and O–H groups in total. The molecule has 2 aromatic rings. The first-order chi connectivity index (χ1) is 11.2. The molecule has 0 aliphatic carbocycles. The van der Waals surface area contributed by atoms with E-state index >= 15 is 0 Å². The van der Waals surface area contributed by atoms with Crippen LogP contribution in [0.2, 0.25) is 0 Å². The van der Waals surface area contributed by atoms with Crippen LogP contribution in [-0.4, -0.2) is 30.6 Å². The van der Waals surface area contributed by atoms with Crippen LogP contribution in [0.3, 0.4) is 0 Å². The van der Waals surface area contributed by atoms with Crippen molar-refractivity contribution >= 4 is 23.1 Å². The molecule has 3 rings (SSSR count). The normalized spacial score (nSPS) is 16.2. The number of carbonyl (C=O) groups excluding carboxylic acids is 1. The van der Waals surface area contributed by atoms with Gasteiger partial charge in [-0.3, -0.25) is 4.90 Å². The molecule has 0 saturated carbocycles.